The van der Waals surface area contributed by atoms with Crippen molar-refractivity contribution in [2.75, 3.05) is 5.73 Å². The molecule has 1 aromatic heterocycles. The van der Waals surface area contributed by atoms with Crippen molar-refractivity contribution < 1.29 is 4.79 Å². The summed E-state index contributed by atoms with van der Waals surface area (Å²) in [5.41, 5.74) is 13.6. The molecular formula is C16H21N5O. The highest BCUT2D eigenvalue weighted by atomic mass is 16.2. The maximum atomic E-state index is 11.9. The topological polar surface area (TPSA) is 96.2 Å². The number of amides is 1. The van der Waals surface area contributed by atoms with Crippen LogP contribution in [0.25, 0.3) is 0 Å². The van der Waals surface area contributed by atoms with Gasteiger partial charge in [-0.05, 0) is 50.5 Å². The van der Waals surface area contributed by atoms with Crippen molar-refractivity contribution in [1.82, 2.24) is 15.6 Å². The Morgan fingerprint density at radius 2 is 2.00 bits per heavy atom. The molecule has 2 aromatic rings. The average molecular weight is 299 g/mol. The molecule has 0 aliphatic carbocycles. The van der Waals surface area contributed by atoms with Gasteiger partial charge in [0.05, 0.1) is 11.4 Å². The van der Waals surface area contributed by atoms with Crippen LogP contribution >= 0.6 is 0 Å². The molecule has 1 heterocycles. The molecule has 22 heavy (non-hydrogen) atoms. The lowest BCUT2D eigenvalue weighted by molar-refractivity contribution is -0.121. The van der Waals surface area contributed by atoms with Crippen LogP contribution in [0.15, 0.2) is 29.4 Å². The van der Waals surface area contributed by atoms with E-state index in [9.17, 15) is 4.79 Å². The number of aromatic nitrogens is 2. The SMILES string of the molecule is CC(=NNC(=O)CCc1c(C)n[nH]c1C)c1ccc(N)cc1. The number of hydrazone groups is 1. The van der Waals surface area contributed by atoms with Crippen LogP contribution in [0.5, 0.6) is 0 Å². The maximum absolute atomic E-state index is 11.9. The van der Waals surface area contributed by atoms with E-state index in [4.69, 9.17) is 5.73 Å². The molecule has 116 valence electrons. The van der Waals surface area contributed by atoms with Crippen LogP contribution in [0.3, 0.4) is 0 Å². The maximum Gasteiger partial charge on any atom is 0.240 e. The van der Waals surface area contributed by atoms with Gasteiger partial charge >= 0.3 is 0 Å². The Morgan fingerprint density at radius 3 is 2.59 bits per heavy atom. The van der Waals surface area contributed by atoms with Gasteiger partial charge in [0.25, 0.3) is 0 Å². The van der Waals surface area contributed by atoms with Crippen molar-refractivity contribution in [2.24, 2.45) is 5.10 Å². The summed E-state index contributed by atoms with van der Waals surface area (Å²) < 4.78 is 0. The number of nitrogens with one attached hydrogen (secondary N) is 2. The number of H-pyrrole nitrogens is 1. The van der Waals surface area contributed by atoms with Gasteiger partial charge < -0.3 is 5.73 Å². The quantitative estimate of drug-likeness (QED) is 0.448. The van der Waals surface area contributed by atoms with Gasteiger partial charge in [-0.3, -0.25) is 9.89 Å². The van der Waals surface area contributed by atoms with E-state index < -0.39 is 0 Å². The number of anilines is 1. The summed E-state index contributed by atoms with van der Waals surface area (Å²) in [6.45, 7) is 5.73. The molecule has 4 N–H and O–H groups in total. The predicted molar refractivity (Wildman–Crippen MR) is 87.6 cm³/mol. The summed E-state index contributed by atoms with van der Waals surface area (Å²) in [7, 11) is 0. The summed E-state index contributed by atoms with van der Waals surface area (Å²) in [4.78, 5) is 11.9. The number of carbonyl (C=O) groups excluding carboxylic acids is 1. The minimum absolute atomic E-state index is 0.116. The molecule has 1 aromatic carbocycles. The highest BCUT2D eigenvalue weighted by Gasteiger charge is 2.09. The number of hydrogen-bond acceptors (Lipinski definition) is 4. The molecule has 0 radical (unpaired) electrons. The fourth-order valence-corrected chi connectivity index (χ4v) is 2.17. The first-order valence-electron chi connectivity index (χ1n) is 7.17. The van der Waals surface area contributed by atoms with Gasteiger partial charge in [0.2, 0.25) is 5.91 Å². The Labute approximate surface area is 129 Å². The molecule has 0 aliphatic rings. The van der Waals surface area contributed by atoms with Gasteiger partial charge in [-0.15, -0.1) is 0 Å². The van der Waals surface area contributed by atoms with Gasteiger partial charge in [-0.2, -0.15) is 10.2 Å². The Kier molecular flexibility index (Phi) is 4.93. The Hall–Kier alpha value is -2.63. The zero-order valence-electron chi connectivity index (χ0n) is 13.1. The van der Waals surface area contributed by atoms with Crippen LogP contribution < -0.4 is 11.2 Å². The standard InChI is InChI=1S/C16H21N5O/c1-10(13-4-6-14(17)7-5-13)18-21-16(22)9-8-15-11(2)19-20-12(15)3/h4-7H,8-9,17H2,1-3H3,(H,19,20)(H,21,22). The molecule has 0 saturated heterocycles. The molecule has 2 rings (SSSR count). The zero-order valence-corrected chi connectivity index (χ0v) is 13.1. The lowest BCUT2D eigenvalue weighted by Gasteiger charge is -2.04. The van der Waals surface area contributed by atoms with E-state index in [0.29, 0.717) is 18.5 Å². The summed E-state index contributed by atoms with van der Waals surface area (Å²) in [6, 6.07) is 7.36. The van der Waals surface area contributed by atoms with Gasteiger partial charge in [-0.1, -0.05) is 12.1 Å². The zero-order chi connectivity index (χ0) is 16.1. The molecule has 6 nitrogen and oxygen atoms in total. The van der Waals surface area contributed by atoms with E-state index in [0.717, 1.165) is 28.2 Å². The van der Waals surface area contributed by atoms with Crippen molar-refractivity contribution in [1.29, 1.82) is 0 Å². The molecule has 0 fully saturated rings. The number of aromatic amines is 1. The molecule has 0 aliphatic heterocycles. The van der Waals surface area contributed by atoms with Gasteiger partial charge in [-0.25, -0.2) is 5.43 Å². The van der Waals surface area contributed by atoms with Crippen molar-refractivity contribution in [3.05, 3.63) is 46.8 Å². The minimum Gasteiger partial charge on any atom is -0.399 e. The molecule has 1 amide bonds. The van der Waals surface area contributed by atoms with Crippen LogP contribution in [0.4, 0.5) is 5.69 Å². The van der Waals surface area contributed by atoms with Gasteiger partial charge in [0, 0.05) is 17.8 Å². The number of aryl methyl sites for hydroxylation is 2. The van der Waals surface area contributed by atoms with Crippen LogP contribution in [-0.4, -0.2) is 21.8 Å². The summed E-state index contributed by atoms with van der Waals surface area (Å²) in [5, 5.41) is 11.2. The number of rotatable bonds is 5. The second kappa shape index (κ2) is 6.89. The third-order valence-electron chi connectivity index (χ3n) is 3.56. The number of nitrogen functional groups attached to an aromatic ring is 1. The van der Waals surface area contributed by atoms with Crippen molar-refractivity contribution in [3.8, 4) is 0 Å². The largest absolute Gasteiger partial charge is 0.399 e. The Morgan fingerprint density at radius 1 is 1.32 bits per heavy atom. The van der Waals surface area contributed by atoms with Gasteiger partial charge in [0.15, 0.2) is 0 Å². The minimum atomic E-state index is -0.116. The number of nitrogens with two attached hydrogens (primary N) is 1. The van der Waals surface area contributed by atoms with E-state index in [-0.39, 0.29) is 5.91 Å². The highest BCUT2D eigenvalue weighted by Crippen LogP contribution is 2.11. The fourth-order valence-electron chi connectivity index (χ4n) is 2.17. The van der Waals surface area contributed by atoms with Crippen molar-refractivity contribution >= 4 is 17.3 Å². The first-order chi connectivity index (χ1) is 10.5. The fraction of sp³-hybridized carbons (Fsp3) is 0.312. The molecular weight excluding hydrogens is 278 g/mol. The molecule has 6 heteroatoms. The normalized spacial score (nSPS) is 11.5. The summed E-state index contributed by atoms with van der Waals surface area (Å²) >= 11 is 0. The Balaban J connectivity index is 1.89. The first kappa shape index (κ1) is 15.8. The van der Waals surface area contributed by atoms with Crippen LogP contribution in [0.2, 0.25) is 0 Å². The first-order valence-corrected chi connectivity index (χ1v) is 7.17. The number of nitrogens with zero attached hydrogens (tertiary/aromatic N) is 2. The lowest BCUT2D eigenvalue weighted by atomic mass is 10.1. The van der Waals surface area contributed by atoms with Crippen LogP contribution in [0, 0.1) is 13.8 Å². The molecule has 0 saturated carbocycles. The van der Waals surface area contributed by atoms with E-state index in [1.807, 2.05) is 32.9 Å². The molecule has 0 unspecified atom stereocenters. The third-order valence-corrected chi connectivity index (χ3v) is 3.56. The highest BCUT2D eigenvalue weighted by molar-refractivity contribution is 5.99. The van der Waals surface area contributed by atoms with Crippen LogP contribution in [0.1, 0.15) is 35.9 Å². The average Bonchev–Trinajstić information content (AvgIpc) is 2.82. The van der Waals surface area contributed by atoms with E-state index in [1.54, 1.807) is 12.1 Å². The van der Waals surface area contributed by atoms with E-state index >= 15 is 0 Å². The Bertz CT molecular complexity index is 666. The summed E-state index contributed by atoms with van der Waals surface area (Å²) in [5.74, 6) is -0.116. The number of carbonyl (C=O) groups is 1. The second-order valence-electron chi connectivity index (χ2n) is 5.27. The smallest absolute Gasteiger partial charge is 0.240 e. The summed E-state index contributed by atoms with van der Waals surface area (Å²) in [6.07, 6.45) is 1.02. The van der Waals surface area contributed by atoms with E-state index in [1.165, 1.54) is 0 Å². The third kappa shape index (κ3) is 3.94. The van der Waals surface area contributed by atoms with Crippen molar-refractivity contribution in [3.63, 3.8) is 0 Å². The van der Waals surface area contributed by atoms with Crippen LogP contribution in [-0.2, 0) is 11.2 Å². The number of hydrogen-bond donors (Lipinski definition) is 3. The molecule has 0 spiro atoms. The van der Waals surface area contributed by atoms with E-state index in [2.05, 4.69) is 20.7 Å². The predicted octanol–water partition coefficient (Wildman–Crippen LogP) is 2.08. The monoisotopic (exact) mass is 299 g/mol. The second-order valence-corrected chi connectivity index (χ2v) is 5.27. The molecule has 0 atom stereocenters. The lowest BCUT2D eigenvalue weighted by Crippen LogP contribution is -2.19. The number of benzene rings is 1. The van der Waals surface area contributed by atoms with Crippen molar-refractivity contribution in [2.45, 2.75) is 33.6 Å². The van der Waals surface area contributed by atoms with Gasteiger partial charge in [0.1, 0.15) is 0 Å². The molecule has 0 bridgehead atoms.